The van der Waals surface area contributed by atoms with E-state index in [1.165, 1.54) is 24.3 Å². The molecule has 4 heterocycles. The van der Waals surface area contributed by atoms with E-state index in [0.29, 0.717) is 33.5 Å². The number of fused-ring (bicyclic) bond motifs is 8. The number of carbonyl (C=O) groups excluding carboxylic acids is 10. The number of rotatable bonds is 36. The van der Waals surface area contributed by atoms with Crippen LogP contribution in [0.2, 0.25) is 0 Å². The highest BCUT2D eigenvalue weighted by Gasteiger charge is 2.48. The van der Waals surface area contributed by atoms with E-state index in [4.69, 9.17) is 56.2 Å². The van der Waals surface area contributed by atoms with E-state index < -0.39 is 71.5 Å². The molecular formula is C110H94N2O22. The minimum absolute atomic E-state index is 0.000827. The fourth-order valence-electron chi connectivity index (χ4n) is 17.2. The molecule has 676 valence electrons. The van der Waals surface area contributed by atoms with Crippen molar-refractivity contribution >= 4 is 146 Å². The minimum Gasteiger partial charge on any atom is -0.462 e. The second kappa shape index (κ2) is 37.8. The molecule has 2 atom stereocenters. The van der Waals surface area contributed by atoms with Gasteiger partial charge in [-0.15, -0.1) is 0 Å². The lowest BCUT2D eigenvalue weighted by Gasteiger charge is -2.36. The van der Waals surface area contributed by atoms with Crippen LogP contribution in [0.1, 0.15) is 143 Å². The van der Waals surface area contributed by atoms with Gasteiger partial charge < -0.3 is 56.2 Å². The average Bonchev–Trinajstić information content (AvgIpc) is 0.732. The van der Waals surface area contributed by atoms with Crippen LogP contribution in [0.15, 0.2) is 264 Å². The number of carbonyl (C=O) groups is 10. The number of imide groups is 2. The van der Waals surface area contributed by atoms with Gasteiger partial charge in [0.2, 0.25) is 0 Å². The first-order chi connectivity index (χ1) is 64.5. The van der Waals surface area contributed by atoms with Crippen molar-refractivity contribution in [3.8, 4) is 46.0 Å². The average molecular weight is 1800 g/mol. The van der Waals surface area contributed by atoms with Gasteiger partial charge >= 0.3 is 35.8 Å². The maximum absolute atomic E-state index is 16.9. The van der Waals surface area contributed by atoms with Crippen molar-refractivity contribution in [2.24, 2.45) is 11.8 Å². The van der Waals surface area contributed by atoms with Crippen LogP contribution in [0.25, 0.3) is 87.0 Å². The van der Waals surface area contributed by atoms with Crippen molar-refractivity contribution in [2.75, 3.05) is 26.4 Å². The van der Waals surface area contributed by atoms with Gasteiger partial charge in [-0.25, -0.2) is 28.8 Å². The number of hydrogen-bond donors (Lipinski definition) is 0. The van der Waals surface area contributed by atoms with Gasteiger partial charge in [0.05, 0.1) is 48.7 Å². The zero-order chi connectivity index (χ0) is 94.2. The molecule has 2 aliphatic heterocycles. The third-order valence-electron chi connectivity index (χ3n) is 23.7. The lowest BCUT2D eigenvalue weighted by atomic mass is 9.80. The van der Waals surface area contributed by atoms with E-state index in [1.54, 1.807) is 137 Å². The van der Waals surface area contributed by atoms with Crippen LogP contribution in [0.3, 0.4) is 0 Å². The van der Waals surface area contributed by atoms with Crippen molar-refractivity contribution in [3.05, 3.63) is 310 Å². The van der Waals surface area contributed by atoms with Crippen LogP contribution < -0.4 is 18.9 Å². The summed E-state index contributed by atoms with van der Waals surface area (Å²) in [5.41, 5.74) is 6.38. The summed E-state index contributed by atoms with van der Waals surface area (Å²) in [7, 11) is 0. The summed E-state index contributed by atoms with van der Waals surface area (Å²) in [6.07, 6.45) is 0.894. The third kappa shape index (κ3) is 18.0. The van der Waals surface area contributed by atoms with E-state index in [0.717, 1.165) is 53.6 Å². The number of amides is 4. The molecule has 0 spiro atoms. The lowest BCUT2D eigenvalue weighted by molar-refractivity contribution is -0.151. The van der Waals surface area contributed by atoms with Crippen LogP contribution >= 0.6 is 0 Å². The molecule has 15 aromatic rings. The summed E-state index contributed by atoms with van der Waals surface area (Å²) in [6.45, 7) is 27.8. The van der Waals surface area contributed by atoms with Gasteiger partial charge in [-0.3, -0.25) is 29.0 Å². The number of hydrogen-bond acceptors (Lipinski definition) is 22. The van der Waals surface area contributed by atoms with Gasteiger partial charge in [-0.1, -0.05) is 175 Å². The van der Waals surface area contributed by atoms with E-state index in [2.05, 4.69) is 26.3 Å². The summed E-state index contributed by atoms with van der Waals surface area (Å²) in [5.74, 6) is -8.20. The molecule has 24 heteroatoms. The molecule has 2 aromatic heterocycles. The molecule has 0 radical (unpaired) electrons. The van der Waals surface area contributed by atoms with Crippen LogP contribution in [-0.2, 0) is 96.1 Å². The van der Waals surface area contributed by atoms with Gasteiger partial charge in [-0.2, -0.15) is 0 Å². The molecule has 0 fully saturated rings. The molecule has 0 saturated heterocycles. The Balaban J connectivity index is 0.927. The largest absolute Gasteiger partial charge is 0.462 e. The molecule has 17 rings (SSSR count). The minimum atomic E-state index is -1.60. The molecule has 0 aliphatic carbocycles. The van der Waals surface area contributed by atoms with E-state index in [1.807, 2.05) is 100 Å². The fraction of sp³-hybridized carbons (Fsp3) is 0.218. The summed E-state index contributed by atoms with van der Waals surface area (Å²) < 4.78 is 76.9. The maximum atomic E-state index is 16.9. The predicted molar refractivity (Wildman–Crippen MR) is 506 cm³/mol. The standard InChI is InChI=1S/C110H94N2O22/c1-59(2)51-83(109(121)127-57-69-19-17-23-77-75-21-13-15-25-85(75)133-99(69)77)111-101(113)79-53-87(129-71-35-27-65(28-36-71)43-47-123-105(117)61(5)6)93-95-89(131-73-39-31-67(32-40-73)45-49-125-107(119)63(9)10)55-81-92-82(104(116)112(103(81)115)84(52-60(3)4)110(122)128-58-70-20-18-24-78-76-22-14-16-26-86(76)134-100(70)78)56-90(132-74-41-33-68(34-42-74)46-50-126-108(120)64(11)12)96(98(92)95)94-88(54-80(102(111)114)91(79)97(93)94)130-72-37-29-66(30-38-72)44-48-124-106(118)62(7)8/h13-42,53-56,59-60,83-84H,5,7,9,11,43-52,57-58H2,1-4,6,8,10,12H3. The molecule has 2 aliphatic rings. The van der Waals surface area contributed by atoms with Crippen LogP contribution in [-0.4, -0.2) is 108 Å². The maximum Gasteiger partial charge on any atom is 0.333 e. The molecule has 4 amide bonds. The molecule has 13 aromatic carbocycles. The summed E-state index contributed by atoms with van der Waals surface area (Å²) >= 11 is 0. The summed E-state index contributed by atoms with van der Waals surface area (Å²) in [6, 6.07) is 56.3. The summed E-state index contributed by atoms with van der Waals surface area (Å²) in [4.78, 5) is 151. The van der Waals surface area contributed by atoms with E-state index >= 15 is 28.8 Å². The predicted octanol–water partition coefficient (Wildman–Crippen LogP) is 22.9. The van der Waals surface area contributed by atoms with Crippen LogP contribution in [0.5, 0.6) is 46.0 Å². The highest BCUT2D eigenvalue weighted by Crippen LogP contribution is 2.59. The topological polar surface area (TPSA) is 296 Å². The number of benzene rings is 13. The van der Waals surface area contributed by atoms with Crippen LogP contribution in [0.4, 0.5) is 0 Å². The Morgan fingerprint density at radius 2 is 0.575 bits per heavy atom. The third-order valence-corrected chi connectivity index (χ3v) is 23.7. The molecule has 0 N–H and O–H groups in total. The second-order valence-electron chi connectivity index (χ2n) is 34.6. The number of esters is 6. The quantitative estimate of drug-likeness (QED) is 0.00880. The zero-order valence-electron chi connectivity index (χ0n) is 75.1. The first-order valence-electron chi connectivity index (χ1n) is 44.2. The highest BCUT2D eigenvalue weighted by molar-refractivity contribution is 6.45. The number of para-hydroxylation sites is 4. The molecular weight excluding hydrogens is 1700 g/mol. The normalized spacial score (nSPS) is 12.9. The SMILES string of the molecule is C=C(C)C(=O)OCCc1ccc(Oc2cc3c4c(cc(Oc5ccc(CCOC(=O)C(=C)C)cc5)c5c6c(Oc7ccc(CCOC(=O)C(=C)C)cc7)cc7c8c(cc(Oc9ccc(CCOC(=O)C(=C)C)cc9)c(c2c45)c86)C(=O)N(C(CC(C)C)C(=O)OCc2cccc4c2oc2ccccc24)C7=O)C(=O)N(C(CC(C)C)C(=O)OCc2cccc4c2oc2ccccc24)C3=O)cc1. The molecule has 134 heavy (non-hydrogen) atoms. The van der Waals surface area contributed by atoms with Crippen molar-refractivity contribution in [3.63, 3.8) is 0 Å². The molecule has 2 unspecified atom stereocenters. The van der Waals surface area contributed by atoms with Gasteiger partial charge in [0.25, 0.3) is 23.6 Å². The molecule has 0 saturated carbocycles. The Labute approximate surface area is 770 Å². The molecule has 0 bridgehead atoms. The highest BCUT2D eigenvalue weighted by atomic mass is 16.6. The monoisotopic (exact) mass is 1790 g/mol. The first kappa shape index (κ1) is 90.0. The van der Waals surface area contributed by atoms with Gasteiger partial charge in [0.15, 0.2) is 0 Å². The van der Waals surface area contributed by atoms with E-state index in [9.17, 15) is 19.2 Å². The Morgan fingerprint density at radius 1 is 0.313 bits per heavy atom. The van der Waals surface area contributed by atoms with Crippen molar-refractivity contribution in [1.29, 1.82) is 0 Å². The van der Waals surface area contributed by atoms with Crippen molar-refractivity contribution in [1.82, 2.24) is 9.80 Å². The second-order valence-corrected chi connectivity index (χ2v) is 34.6. The van der Waals surface area contributed by atoms with E-state index in [-0.39, 0.29) is 224 Å². The Kier molecular flexibility index (Phi) is 25.4. The van der Waals surface area contributed by atoms with Gasteiger partial charge in [-0.05, 0) is 160 Å². The Bertz CT molecular complexity index is 6660. The van der Waals surface area contributed by atoms with Crippen LogP contribution in [0, 0.1) is 11.8 Å². The molecule has 24 nitrogen and oxygen atoms in total. The lowest BCUT2D eigenvalue weighted by Crippen LogP contribution is -2.51. The van der Waals surface area contributed by atoms with Gasteiger partial charge in [0, 0.05) is 124 Å². The number of furan rings is 2. The number of ether oxygens (including phenoxy) is 10. The van der Waals surface area contributed by atoms with Gasteiger partial charge in [0.1, 0.15) is 93.6 Å². The summed E-state index contributed by atoms with van der Waals surface area (Å²) in [5, 5.41) is 3.96. The van der Waals surface area contributed by atoms with Crippen molar-refractivity contribution < 1.29 is 104 Å². The van der Waals surface area contributed by atoms with Crippen molar-refractivity contribution in [2.45, 2.75) is 119 Å². The zero-order valence-corrected chi connectivity index (χ0v) is 75.1. The first-order valence-corrected chi connectivity index (χ1v) is 44.2. The smallest absolute Gasteiger partial charge is 0.333 e. The fourth-order valence-corrected chi connectivity index (χ4v) is 17.2. The Hall–Kier alpha value is -16.0. The number of nitrogens with zero attached hydrogens (tertiary/aromatic N) is 2. The Morgan fingerprint density at radius 3 is 0.836 bits per heavy atom.